The molecule has 0 aliphatic carbocycles. The van der Waals surface area contributed by atoms with Gasteiger partial charge in [0.05, 0.1) is 6.04 Å². The van der Waals surface area contributed by atoms with Crippen LogP contribution in [-0.4, -0.2) is 51.0 Å². The Morgan fingerprint density at radius 3 is 3.04 bits per heavy atom. The van der Waals surface area contributed by atoms with E-state index < -0.39 is 6.10 Å². The lowest BCUT2D eigenvalue weighted by atomic mass is 10.0. The van der Waals surface area contributed by atoms with E-state index in [1.807, 2.05) is 31.2 Å². The van der Waals surface area contributed by atoms with Crippen molar-refractivity contribution in [1.29, 1.82) is 0 Å². The molecule has 1 saturated heterocycles. The van der Waals surface area contributed by atoms with Crippen molar-refractivity contribution in [2.75, 3.05) is 19.7 Å². The second-order valence-electron chi connectivity index (χ2n) is 6.11. The zero-order valence-electron chi connectivity index (χ0n) is 13.5. The van der Waals surface area contributed by atoms with Crippen LogP contribution in [0.25, 0.3) is 0 Å². The maximum absolute atomic E-state index is 10.4. The number of nitrogens with one attached hydrogen (secondary N) is 1. The van der Waals surface area contributed by atoms with Crippen molar-refractivity contribution < 1.29 is 9.84 Å². The average Bonchev–Trinajstić information content (AvgIpc) is 3.09. The summed E-state index contributed by atoms with van der Waals surface area (Å²) in [5, 5.41) is 17.3. The fourth-order valence-corrected chi connectivity index (χ4v) is 3.12. The van der Waals surface area contributed by atoms with E-state index in [-0.39, 0.29) is 6.04 Å². The lowest BCUT2D eigenvalue weighted by Crippen LogP contribution is -2.41. The minimum Gasteiger partial charge on any atom is -0.491 e. The van der Waals surface area contributed by atoms with Crippen LogP contribution in [0, 0.1) is 6.92 Å². The SMILES string of the molecule is Cc1ccccc1OCC(O)CN1CCCCC1c1ncn[nH]1. The van der Waals surface area contributed by atoms with Crippen molar-refractivity contribution in [1.82, 2.24) is 20.1 Å². The van der Waals surface area contributed by atoms with Crippen molar-refractivity contribution in [2.24, 2.45) is 0 Å². The van der Waals surface area contributed by atoms with Gasteiger partial charge >= 0.3 is 0 Å². The van der Waals surface area contributed by atoms with Crippen LogP contribution in [0.1, 0.15) is 36.7 Å². The predicted octanol–water partition coefficient (Wildman–Crippen LogP) is 2.08. The fraction of sp³-hybridized carbons (Fsp3) is 0.529. The van der Waals surface area contributed by atoms with Gasteiger partial charge in [-0.3, -0.25) is 10.00 Å². The third kappa shape index (κ3) is 4.09. The smallest absolute Gasteiger partial charge is 0.141 e. The fourth-order valence-electron chi connectivity index (χ4n) is 3.12. The average molecular weight is 316 g/mol. The summed E-state index contributed by atoms with van der Waals surface area (Å²) in [7, 11) is 0. The number of piperidine rings is 1. The summed E-state index contributed by atoms with van der Waals surface area (Å²) in [5.74, 6) is 1.72. The van der Waals surface area contributed by atoms with Gasteiger partial charge < -0.3 is 9.84 Å². The molecule has 1 aliphatic rings. The molecule has 1 fully saturated rings. The Hall–Kier alpha value is -1.92. The number of aliphatic hydroxyl groups excluding tert-OH is 1. The first kappa shape index (κ1) is 16.0. The van der Waals surface area contributed by atoms with Gasteiger partial charge in [0, 0.05) is 6.54 Å². The number of aryl methyl sites for hydroxylation is 1. The molecule has 1 aromatic carbocycles. The number of para-hydroxylation sites is 1. The lowest BCUT2D eigenvalue weighted by molar-refractivity contribution is 0.0371. The third-order valence-corrected chi connectivity index (χ3v) is 4.33. The van der Waals surface area contributed by atoms with Gasteiger partial charge in [-0.25, -0.2) is 4.98 Å². The Balaban J connectivity index is 1.55. The Morgan fingerprint density at radius 1 is 1.39 bits per heavy atom. The highest BCUT2D eigenvalue weighted by molar-refractivity contribution is 5.31. The summed E-state index contributed by atoms with van der Waals surface area (Å²) in [5.41, 5.74) is 1.08. The summed E-state index contributed by atoms with van der Waals surface area (Å²) in [6.45, 7) is 3.85. The minimum absolute atomic E-state index is 0.208. The zero-order chi connectivity index (χ0) is 16.1. The van der Waals surface area contributed by atoms with Crippen LogP contribution >= 0.6 is 0 Å². The number of ether oxygens (including phenoxy) is 1. The van der Waals surface area contributed by atoms with Gasteiger partial charge in [-0.15, -0.1) is 0 Å². The highest BCUT2D eigenvalue weighted by Crippen LogP contribution is 2.28. The van der Waals surface area contributed by atoms with Crippen LogP contribution in [0.5, 0.6) is 5.75 Å². The van der Waals surface area contributed by atoms with Crippen LogP contribution in [-0.2, 0) is 0 Å². The molecule has 2 aromatic rings. The molecule has 2 atom stereocenters. The molecular weight excluding hydrogens is 292 g/mol. The van der Waals surface area contributed by atoms with Crippen LogP contribution in [0.4, 0.5) is 0 Å². The van der Waals surface area contributed by atoms with Gasteiger partial charge in [0.2, 0.25) is 0 Å². The van der Waals surface area contributed by atoms with Crippen molar-refractivity contribution in [3.63, 3.8) is 0 Å². The Morgan fingerprint density at radius 2 is 2.26 bits per heavy atom. The van der Waals surface area contributed by atoms with Crippen molar-refractivity contribution in [3.8, 4) is 5.75 Å². The number of likely N-dealkylation sites (tertiary alicyclic amines) is 1. The zero-order valence-corrected chi connectivity index (χ0v) is 13.5. The summed E-state index contributed by atoms with van der Waals surface area (Å²) >= 11 is 0. The van der Waals surface area contributed by atoms with Gasteiger partial charge in [0.15, 0.2) is 0 Å². The van der Waals surface area contributed by atoms with Gasteiger partial charge in [-0.05, 0) is 37.9 Å². The topological polar surface area (TPSA) is 74.3 Å². The largest absolute Gasteiger partial charge is 0.491 e. The van der Waals surface area contributed by atoms with Crippen LogP contribution in [0.15, 0.2) is 30.6 Å². The number of aromatic nitrogens is 3. The highest BCUT2D eigenvalue weighted by Gasteiger charge is 2.27. The molecule has 1 aromatic heterocycles. The predicted molar refractivity (Wildman–Crippen MR) is 87.2 cm³/mol. The number of aromatic amines is 1. The van der Waals surface area contributed by atoms with Gasteiger partial charge in [-0.2, -0.15) is 5.10 Å². The molecule has 0 saturated carbocycles. The van der Waals surface area contributed by atoms with Gasteiger partial charge in [0.25, 0.3) is 0 Å². The highest BCUT2D eigenvalue weighted by atomic mass is 16.5. The minimum atomic E-state index is -0.530. The molecule has 1 aliphatic heterocycles. The summed E-state index contributed by atoms with van der Waals surface area (Å²) in [6.07, 6.45) is 4.38. The number of hydrogen-bond donors (Lipinski definition) is 2. The number of benzene rings is 1. The molecule has 2 heterocycles. The molecule has 2 N–H and O–H groups in total. The quantitative estimate of drug-likeness (QED) is 0.853. The maximum atomic E-state index is 10.4. The first-order chi connectivity index (χ1) is 11.2. The van der Waals surface area contributed by atoms with Crippen LogP contribution in [0.2, 0.25) is 0 Å². The molecule has 3 rings (SSSR count). The number of nitrogens with zero attached hydrogens (tertiary/aromatic N) is 3. The molecule has 6 heteroatoms. The van der Waals surface area contributed by atoms with E-state index in [9.17, 15) is 5.11 Å². The van der Waals surface area contributed by atoms with Gasteiger partial charge in [-0.1, -0.05) is 24.6 Å². The monoisotopic (exact) mass is 316 g/mol. The normalized spacial score (nSPS) is 20.3. The molecule has 23 heavy (non-hydrogen) atoms. The number of rotatable bonds is 6. The molecule has 0 bridgehead atoms. The van der Waals surface area contributed by atoms with Crippen LogP contribution < -0.4 is 4.74 Å². The molecule has 2 unspecified atom stereocenters. The number of aliphatic hydroxyl groups is 1. The van der Waals surface area contributed by atoms with E-state index in [0.29, 0.717) is 13.2 Å². The molecule has 6 nitrogen and oxygen atoms in total. The lowest BCUT2D eigenvalue weighted by Gasteiger charge is -2.35. The number of H-pyrrole nitrogens is 1. The van der Waals surface area contributed by atoms with Crippen molar-refractivity contribution >= 4 is 0 Å². The first-order valence-corrected chi connectivity index (χ1v) is 8.20. The van der Waals surface area contributed by atoms with Crippen molar-refractivity contribution in [3.05, 3.63) is 42.0 Å². The van der Waals surface area contributed by atoms with E-state index in [0.717, 1.165) is 36.5 Å². The van der Waals surface area contributed by atoms with Crippen molar-refractivity contribution in [2.45, 2.75) is 38.3 Å². The van der Waals surface area contributed by atoms with E-state index in [4.69, 9.17) is 4.74 Å². The summed E-state index contributed by atoms with van der Waals surface area (Å²) in [4.78, 5) is 6.56. The third-order valence-electron chi connectivity index (χ3n) is 4.33. The molecule has 0 amide bonds. The van der Waals surface area contributed by atoms with E-state index in [1.165, 1.54) is 6.42 Å². The summed E-state index contributed by atoms with van der Waals surface area (Å²) in [6, 6.07) is 8.07. The molecule has 0 radical (unpaired) electrons. The van der Waals surface area contributed by atoms with Crippen LogP contribution in [0.3, 0.4) is 0 Å². The Bertz CT molecular complexity index is 602. The number of β-amino-alcohol motifs (C(OH)–C–C–N with tert-alkyl or cyclic N) is 1. The molecular formula is C17H24N4O2. The second kappa shape index (κ2) is 7.57. The standard InChI is InChI=1S/C17H24N4O2/c1-13-6-2-3-8-16(13)23-11-14(22)10-21-9-5-4-7-15(21)17-18-12-19-20-17/h2-3,6,8,12,14-15,22H,4-5,7,9-11H2,1H3,(H,18,19,20). The molecule has 124 valence electrons. The Kier molecular flexibility index (Phi) is 5.25. The molecule has 0 spiro atoms. The van der Waals surface area contributed by atoms with E-state index >= 15 is 0 Å². The Labute approximate surface area is 136 Å². The second-order valence-corrected chi connectivity index (χ2v) is 6.11. The maximum Gasteiger partial charge on any atom is 0.141 e. The first-order valence-electron chi connectivity index (χ1n) is 8.20. The summed E-state index contributed by atoms with van der Waals surface area (Å²) < 4.78 is 5.75. The van der Waals surface area contributed by atoms with E-state index in [2.05, 4.69) is 20.1 Å². The van der Waals surface area contributed by atoms with Gasteiger partial charge in [0.1, 0.15) is 30.6 Å². The number of hydrogen-bond acceptors (Lipinski definition) is 5. The van der Waals surface area contributed by atoms with E-state index in [1.54, 1.807) is 6.33 Å².